The summed E-state index contributed by atoms with van der Waals surface area (Å²) in [5, 5.41) is 16.7. The minimum atomic E-state index is -0.876. The molecule has 21 heavy (non-hydrogen) atoms. The summed E-state index contributed by atoms with van der Waals surface area (Å²) in [6.45, 7) is 6.11. The van der Waals surface area contributed by atoms with E-state index < -0.39 is 5.97 Å². The number of nitrogens with zero attached hydrogens (tertiary/aromatic N) is 2. The van der Waals surface area contributed by atoms with E-state index in [9.17, 15) is 4.79 Å². The largest absolute Gasteiger partial charge is 0.484 e. The maximum Gasteiger partial charge on any atom is 0.307 e. The maximum absolute atomic E-state index is 10.7. The average molecular weight is 290 g/mol. The van der Waals surface area contributed by atoms with E-state index in [2.05, 4.69) is 10.2 Å². The third-order valence-corrected chi connectivity index (χ3v) is 2.72. The molecule has 6 nitrogen and oxygen atoms in total. The maximum atomic E-state index is 10.7. The van der Waals surface area contributed by atoms with Gasteiger partial charge in [0.2, 0.25) is 5.89 Å². The zero-order chi connectivity index (χ0) is 15.5. The predicted molar refractivity (Wildman–Crippen MR) is 75.1 cm³/mol. The van der Waals surface area contributed by atoms with Crippen LogP contribution >= 0.6 is 0 Å². The number of aromatic nitrogens is 2. The Balaban J connectivity index is 2.00. The van der Waals surface area contributed by atoms with Gasteiger partial charge in [-0.1, -0.05) is 32.9 Å². The first-order chi connectivity index (χ1) is 9.84. The first-order valence-corrected chi connectivity index (χ1v) is 6.61. The summed E-state index contributed by atoms with van der Waals surface area (Å²) >= 11 is 0. The quantitative estimate of drug-likeness (QED) is 0.910. The number of aliphatic carboxylic acids is 1. The molecule has 0 amide bonds. The topological polar surface area (TPSA) is 85.5 Å². The fourth-order valence-electron chi connectivity index (χ4n) is 1.68. The predicted octanol–water partition coefficient (Wildman–Crippen LogP) is 2.57. The third kappa shape index (κ3) is 4.30. The van der Waals surface area contributed by atoms with Crippen LogP contribution in [0.1, 0.15) is 38.1 Å². The standard InChI is InChI=1S/C15H18N2O4/c1-15(2,3)14-17-16-12(21-14)9-20-11-6-4-5-10(7-11)8-13(18)19/h4-7H,8-9H2,1-3H3,(H,18,19). The molecule has 1 aromatic carbocycles. The van der Waals surface area contributed by atoms with Crippen molar-refractivity contribution in [2.45, 2.75) is 39.2 Å². The molecule has 0 aliphatic rings. The summed E-state index contributed by atoms with van der Waals surface area (Å²) < 4.78 is 11.1. The summed E-state index contributed by atoms with van der Waals surface area (Å²) in [5.74, 6) is 0.646. The number of hydrogen-bond acceptors (Lipinski definition) is 5. The molecule has 0 aliphatic carbocycles. The van der Waals surface area contributed by atoms with Crippen molar-refractivity contribution in [2.75, 3.05) is 0 Å². The molecule has 0 saturated carbocycles. The van der Waals surface area contributed by atoms with Crippen molar-refractivity contribution < 1.29 is 19.1 Å². The van der Waals surface area contributed by atoms with Crippen molar-refractivity contribution in [3.63, 3.8) is 0 Å². The Bertz CT molecular complexity index is 629. The highest BCUT2D eigenvalue weighted by Crippen LogP contribution is 2.21. The van der Waals surface area contributed by atoms with Gasteiger partial charge in [-0.25, -0.2) is 0 Å². The molecule has 0 fully saturated rings. The monoisotopic (exact) mass is 290 g/mol. The van der Waals surface area contributed by atoms with Crippen LogP contribution in [0.4, 0.5) is 0 Å². The van der Waals surface area contributed by atoms with E-state index in [4.69, 9.17) is 14.3 Å². The fourth-order valence-corrected chi connectivity index (χ4v) is 1.68. The number of carboxylic acid groups (broad SMARTS) is 1. The summed E-state index contributed by atoms with van der Waals surface area (Å²) in [6.07, 6.45) is -0.0358. The van der Waals surface area contributed by atoms with Gasteiger partial charge in [0, 0.05) is 5.41 Å². The average Bonchev–Trinajstić information content (AvgIpc) is 2.84. The van der Waals surface area contributed by atoms with E-state index in [-0.39, 0.29) is 18.4 Å². The number of benzene rings is 1. The van der Waals surface area contributed by atoms with E-state index >= 15 is 0 Å². The molecule has 1 N–H and O–H groups in total. The lowest BCUT2D eigenvalue weighted by Crippen LogP contribution is -2.11. The van der Waals surface area contributed by atoms with Crippen LogP contribution in [0, 0.1) is 0 Å². The molecule has 0 unspecified atom stereocenters. The summed E-state index contributed by atoms with van der Waals surface area (Å²) in [4.78, 5) is 10.7. The lowest BCUT2D eigenvalue weighted by Gasteiger charge is -2.11. The highest BCUT2D eigenvalue weighted by atomic mass is 16.5. The van der Waals surface area contributed by atoms with Crippen LogP contribution in [0.2, 0.25) is 0 Å². The number of ether oxygens (including phenoxy) is 1. The highest BCUT2D eigenvalue weighted by molar-refractivity contribution is 5.70. The van der Waals surface area contributed by atoms with Crippen molar-refractivity contribution in [2.24, 2.45) is 0 Å². The van der Waals surface area contributed by atoms with Gasteiger partial charge in [-0.2, -0.15) is 0 Å². The second kappa shape index (κ2) is 5.95. The van der Waals surface area contributed by atoms with Crippen molar-refractivity contribution in [1.82, 2.24) is 10.2 Å². The molecule has 2 rings (SSSR count). The Morgan fingerprint density at radius 3 is 2.71 bits per heavy atom. The van der Waals surface area contributed by atoms with Gasteiger partial charge in [-0.05, 0) is 17.7 Å². The Hall–Kier alpha value is -2.37. The van der Waals surface area contributed by atoms with Gasteiger partial charge in [-0.3, -0.25) is 4.79 Å². The van der Waals surface area contributed by atoms with E-state index in [0.29, 0.717) is 23.1 Å². The molecule has 0 saturated heterocycles. The SMILES string of the molecule is CC(C)(C)c1nnc(COc2cccc(CC(=O)O)c2)o1. The zero-order valence-electron chi connectivity index (χ0n) is 12.3. The normalized spacial score (nSPS) is 11.4. The molecular formula is C15H18N2O4. The van der Waals surface area contributed by atoms with Crippen LogP contribution in [0.5, 0.6) is 5.75 Å². The van der Waals surface area contributed by atoms with E-state index in [1.807, 2.05) is 20.8 Å². The van der Waals surface area contributed by atoms with Gasteiger partial charge in [0.1, 0.15) is 5.75 Å². The molecule has 0 radical (unpaired) electrons. The molecule has 0 aliphatic heterocycles. The summed E-state index contributed by atoms with van der Waals surface area (Å²) in [5.41, 5.74) is 0.480. The highest BCUT2D eigenvalue weighted by Gasteiger charge is 2.21. The van der Waals surface area contributed by atoms with Crippen LogP contribution in [0.15, 0.2) is 28.7 Å². The minimum absolute atomic E-state index is 0.0358. The molecule has 1 heterocycles. The van der Waals surface area contributed by atoms with Crippen molar-refractivity contribution in [1.29, 1.82) is 0 Å². The second-order valence-electron chi connectivity index (χ2n) is 5.76. The Kier molecular flexibility index (Phi) is 4.26. The van der Waals surface area contributed by atoms with Gasteiger partial charge in [0.05, 0.1) is 6.42 Å². The van der Waals surface area contributed by atoms with Gasteiger partial charge < -0.3 is 14.3 Å². The lowest BCUT2D eigenvalue weighted by atomic mass is 9.97. The van der Waals surface area contributed by atoms with Gasteiger partial charge >= 0.3 is 5.97 Å². The molecule has 2 aromatic rings. The summed E-state index contributed by atoms with van der Waals surface area (Å²) in [6, 6.07) is 6.94. The zero-order valence-corrected chi connectivity index (χ0v) is 12.3. The smallest absolute Gasteiger partial charge is 0.307 e. The molecular weight excluding hydrogens is 272 g/mol. The van der Waals surface area contributed by atoms with E-state index in [1.54, 1.807) is 24.3 Å². The Labute approximate surface area is 122 Å². The first kappa shape index (κ1) is 15.0. The van der Waals surface area contributed by atoms with Crippen molar-refractivity contribution >= 4 is 5.97 Å². The molecule has 1 aromatic heterocycles. The van der Waals surface area contributed by atoms with Gasteiger partial charge in [-0.15, -0.1) is 10.2 Å². The van der Waals surface area contributed by atoms with Gasteiger partial charge in [0.15, 0.2) is 6.61 Å². The fraction of sp³-hybridized carbons (Fsp3) is 0.400. The molecule has 112 valence electrons. The Morgan fingerprint density at radius 2 is 2.10 bits per heavy atom. The lowest BCUT2D eigenvalue weighted by molar-refractivity contribution is -0.136. The van der Waals surface area contributed by atoms with Crippen LogP contribution in [0.3, 0.4) is 0 Å². The first-order valence-electron chi connectivity index (χ1n) is 6.61. The molecule has 0 atom stereocenters. The van der Waals surface area contributed by atoms with E-state index in [1.165, 1.54) is 0 Å². The number of carbonyl (C=O) groups is 1. The van der Waals surface area contributed by atoms with Crippen LogP contribution in [0.25, 0.3) is 0 Å². The van der Waals surface area contributed by atoms with Crippen LogP contribution < -0.4 is 4.74 Å². The molecule has 0 spiro atoms. The Morgan fingerprint density at radius 1 is 1.33 bits per heavy atom. The number of hydrogen-bond donors (Lipinski definition) is 1. The van der Waals surface area contributed by atoms with Crippen molar-refractivity contribution in [3.8, 4) is 5.75 Å². The number of carboxylic acids is 1. The number of rotatable bonds is 5. The second-order valence-corrected chi connectivity index (χ2v) is 5.76. The van der Waals surface area contributed by atoms with E-state index in [0.717, 1.165) is 0 Å². The summed E-state index contributed by atoms with van der Waals surface area (Å²) in [7, 11) is 0. The minimum Gasteiger partial charge on any atom is -0.484 e. The molecule has 0 bridgehead atoms. The molecule has 6 heteroatoms. The van der Waals surface area contributed by atoms with Crippen molar-refractivity contribution in [3.05, 3.63) is 41.6 Å². The third-order valence-electron chi connectivity index (χ3n) is 2.72. The van der Waals surface area contributed by atoms with Crippen LogP contribution in [-0.2, 0) is 23.2 Å². The van der Waals surface area contributed by atoms with Crippen LogP contribution in [-0.4, -0.2) is 21.3 Å². The van der Waals surface area contributed by atoms with Gasteiger partial charge in [0.25, 0.3) is 5.89 Å².